The molecule has 10 nitrogen and oxygen atoms in total. The number of hydrogen-bond donors (Lipinski definition) is 3. The summed E-state index contributed by atoms with van der Waals surface area (Å²) in [5, 5.41) is 13.7. The SMILES string of the molecule is CNS(=O)(=O)c1cccc(OC[C@@H](O)CN[C@@H]2COC3(CCN(S(=O)(=O)c4ccc(Br)c(C)c4)CC3)C2)c1. The van der Waals surface area contributed by atoms with Crippen LogP contribution in [0.15, 0.2) is 56.7 Å². The maximum atomic E-state index is 13.1. The summed E-state index contributed by atoms with van der Waals surface area (Å²) in [4.78, 5) is 0.386. The number of rotatable bonds is 10. The number of benzene rings is 2. The van der Waals surface area contributed by atoms with Crippen molar-refractivity contribution in [3.8, 4) is 5.75 Å². The van der Waals surface area contributed by atoms with E-state index in [1.807, 2.05) is 6.92 Å². The van der Waals surface area contributed by atoms with E-state index in [2.05, 4.69) is 26.0 Å². The highest BCUT2D eigenvalue weighted by Gasteiger charge is 2.44. The van der Waals surface area contributed by atoms with Crippen LogP contribution >= 0.6 is 15.9 Å². The van der Waals surface area contributed by atoms with Crippen molar-refractivity contribution in [3.63, 3.8) is 0 Å². The molecule has 2 fully saturated rings. The number of nitrogens with one attached hydrogen (secondary N) is 2. The molecule has 0 aliphatic carbocycles. The predicted molar refractivity (Wildman–Crippen MR) is 146 cm³/mol. The van der Waals surface area contributed by atoms with Crippen LogP contribution in [0.2, 0.25) is 0 Å². The molecule has 2 aliphatic rings. The van der Waals surface area contributed by atoms with Gasteiger partial charge in [0.2, 0.25) is 20.0 Å². The number of aliphatic hydroxyl groups excluding tert-OH is 1. The minimum atomic E-state index is -3.58. The first-order valence-electron chi connectivity index (χ1n) is 12.4. The van der Waals surface area contributed by atoms with Crippen LogP contribution in [-0.4, -0.2) is 83.9 Å². The van der Waals surface area contributed by atoms with Gasteiger partial charge >= 0.3 is 0 Å². The summed E-state index contributed by atoms with van der Waals surface area (Å²) in [5.41, 5.74) is 0.496. The number of piperidine rings is 1. The summed E-state index contributed by atoms with van der Waals surface area (Å²) in [6, 6.07) is 11.2. The topological polar surface area (TPSA) is 134 Å². The molecule has 2 aromatic carbocycles. The fraction of sp³-hybridized carbons (Fsp3) is 0.520. The predicted octanol–water partition coefficient (Wildman–Crippen LogP) is 2.01. The summed E-state index contributed by atoms with van der Waals surface area (Å²) in [5.74, 6) is 0.350. The molecule has 4 rings (SSSR count). The molecule has 3 N–H and O–H groups in total. The van der Waals surface area contributed by atoms with E-state index >= 15 is 0 Å². The van der Waals surface area contributed by atoms with Crippen molar-refractivity contribution in [2.24, 2.45) is 0 Å². The van der Waals surface area contributed by atoms with Gasteiger partial charge in [-0.2, -0.15) is 4.31 Å². The molecule has 1 spiro atoms. The summed E-state index contributed by atoms with van der Waals surface area (Å²) < 4.78 is 66.6. The molecule has 0 amide bonds. The van der Waals surface area contributed by atoms with Crippen molar-refractivity contribution in [3.05, 3.63) is 52.5 Å². The lowest BCUT2D eigenvalue weighted by molar-refractivity contribution is -0.0312. The molecule has 2 aromatic rings. The van der Waals surface area contributed by atoms with E-state index < -0.39 is 26.2 Å². The van der Waals surface area contributed by atoms with Crippen LogP contribution in [0, 0.1) is 6.92 Å². The Balaban J connectivity index is 1.23. The Kier molecular flexibility index (Phi) is 9.20. The molecule has 2 atom stereocenters. The van der Waals surface area contributed by atoms with Crippen LogP contribution in [0.1, 0.15) is 24.8 Å². The Labute approximate surface area is 232 Å². The van der Waals surface area contributed by atoms with Gasteiger partial charge in [0.1, 0.15) is 18.5 Å². The molecule has 0 saturated carbocycles. The standard InChI is InChI=1S/C25H34BrN3O7S2/c1-18-12-23(6-7-24(18)26)38(33,34)29-10-8-25(9-11-29)14-19(16-36-25)28-15-20(30)17-35-21-4-3-5-22(13-21)37(31,32)27-2/h3-7,12-13,19-20,27-28,30H,8-11,14-17H2,1-2H3/t19-,20-/m0/s1. The summed E-state index contributed by atoms with van der Waals surface area (Å²) in [7, 11) is -5.81. The Morgan fingerprint density at radius 3 is 2.58 bits per heavy atom. The third-order valence-corrected chi connectivity index (χ3v) is 11.3. The van der Waals surface area contributed by atoms with Gasteiger partial charge < -0.3 is 19.9 Å². The maximum Gasteiger partial charge on any atom is 0.243 e. The number of aliphatic hydroxyl groups is 1. The number of nitrogens with zero attached hydrogens (tertiary/aromatic N) is 1. The average molecular weight is 633 g/mol. The van der Waals surface area contributed by atoms with Gasteiger partial charge in [-0.15, -0.1) is 0 Å². The van der Waals surface area contributed by atoms with Gasteiger partial charge in [-0.1, -0.05) is 22.0 Å². The highest BCUT2D eigenvalue weighted by molar-refractivity contribution is 9.10. The van der Waals surface area contributed by atoms with E-state index in [1.54, 1.807) is 30.3 Å². The minimum absolute atomic E-state index is 0.00285. The van der Waals surface area contributed by atoms with Crippen molar-refractivity contribution in [1.82, 2.24) is 14.3 Å². The molecule has 13 heteroatoms. The number of ether oxygens (including phenoxy) is 2. The Morgan fingerprint density at radius 2 is 1.89 bits per heavy atom. The maximum absolute atomic E-state index is 13.1. The van der Waals surface area contributed by atoms with Gasteiger partial charge in [-0.25, -0.2) is 21.6 Å². The largest absolute Gasteiger partial charge is 0.491 e. The highest BCUT2D eigenvalue weighted by Crippen LogP contribution is 2.37. The summed E-state index contributed by atoms with van der Waals surface area (Å²) >= 11 is 3.41. The van der Waals surface area contributed by atoms with Crippen molar-refractivity contribution < 1.29 is 31.4 Å². The molecule has 0 unspecified atom stereocenters. The summed E-state index contributed by atoms with van der Waals surface area (Å²) in [6.07, 6.45) is 1.14. The Bertz CT molecular complexity index is 1350. The average Bonchev–Trinajstić information content (AvgIpc) is 3.30. The van der Waals surface area contributed by atoms with Gasteiger partial charge in [0.15, 0.2) is 0 Å². The van der Waals surface area contributed by atoms with E-state index in [-0.39, 0.29) is 29.7 Å². The zero-order valence-corrected chi connectivity index (χ0v) is 24.6. The number of halogens is 1. The van der Waals surface area contributed by atoms with E-state index in [4.69, 9.17) is 9.47 Å². The molecule has 38 heavy (non-hydrogen) atoms. The molecular formula is C25H34BrN3O7S2. The van der Waals surface area contributed by atoms with E-state index in [1.165, 1.54) is 23.5 Å². The van der Waals surface area contributed by atoms with Crippen LogP contribution in [0.3, 0.4) is 0 Å². The van der Waals surface area contributed by atoms with Crippen LogP contribution < -0.4 is 14.8 Å². The number of aryl methyl sites for hydroxylation is 1. The minimum Gasteiger partial charge on any atom is -0.491 e. The molecule has 2 heterocycles. The Hall–Kier alpha value is -1.58. The zero-order chi connectivity index (χ0) is 27.6. The van der Waals surface area contributed by atoms with Crippen molar-refractivity contribution in [2.75, 3.05) is 39.9 Å². The number of sulfonamides is 2. The molecule has 2 aliphatic heterocycles. The van der Waals surface area contributed by atoms with Crippen molar-refractivity contribution in [2.45, 2.75) is 53.7 Å². The van der Waals surface area contributed by atoms with Gasteiger partial charge in [-0.05, 0) is 69.1 Å². The molecular weight excluding hydrogens is 598 g/mol. The molecule has 0 radical (unpaired) electrons. The highest BCUT2D eigenvalue weighted by atomic mass is 79.9. The third kappa shape index (κ3) is 6.76. The van der Waals surface area contributed by atoms with Crippen LogP contribution in [0.5, 0.6) is 5.75 Å². The van der Waals surface area contributed by atoms with Crippen molar-refractivity contribution >= 4 is 36.0 Å². The fourth-order valence-electron chi connectivity index (χ4n) is 4.79. The molecule has 0 bridgehead atoms. The molecule has 2 saturated heterocycles. The lowest BCUT2D eigenvalue weighted by Gasteiger charge is -2.38. The van der Waals surface area contributed by atoms with Gasteiger partial charge in [-0.3, -0.25) is 0 Å². The normalized spacial score (nSPS) is 21.0. The van der Waals surface area contributed by atoms with Gasteiger partial charge in [0, 0.05) is 36.2 Å². The van der Waals surface area contributed by atoms with Crippen LogP contribution in [0.4, 0.5) is 0 Å². The second kappa shape index (κ2) is 11.9. The quantitative estimate of drug-likeness (QED) is 0.363. The van der Waals surface area contributed by atoms with Crippen LogP contribution in [0.25, 0.3) is 0 Å². The first-order chi connectivity index (χ1) is 17.9. The van der Waals surface area contributed by atoms with E-state index in [9.17, 15) is 21.9 Å². The third-order valence-electron chi connectivity index (χ3n) is 7.08. The second-order valence-electron chi connectivity index (χ2n) is 9.77. The smallest absolute Gasteiger partial charge is 0.243 e. The Morgan fingerprint density at radius 1 is 1.16 bits per heavy atom. The lowest BCUT2D eigenvalue weighted by atomic mass is 9.88. The molecule has 210 valence electrons. The van der Waals surface area contributed by atoms with Gasteiger partial charge in [0.25, 0.3) is 0 Å². The summed E-state index contributed by atoms with van der Waals surface area (Å²) in [6.45, 7) is 3.41. The first kappa shape index (κ1) is 29.4. The first-order valence-corrected chi connectivity index (χ1v) is 16.1. The number of hydrogen-bond acceptors (Lipinski definition) is 8. The zero-order valence-electron chi connectivity index (χ0n) is 21.4. The lowest BCUT2D eigenvalue weighted by Crippen LogP contribution is -2.47. The van der Waals surface area contributed by atoms with Crippen LogP contribution in [-0.2, 0) is 24.8 Å². The van der Waals surface area contributed by atoms with E-state index in [0.717, 1.165) is 16.5 Å². The van der Waals surface area contributed by atoms with Gasteiger partial charge in [0.05, 0.1) is 22.0 Å². The van der Waals surface area contributed by atoms with Crippen molar-refractivity contribution in [1.29, 1.82) is 0 Å². The fourth-order valence-corrected chi connectivity index (χ4v) is 7.33. The molecule has 0 aromatic heterocycles. The second-order valence-corrected chi connectivity index (χ2v) is 14.4. The monoisotopic (exact) mass is 631 g/mol. The van der Waals surface area contributed by atoms with E-state index in [0.29, 0.717) is 43.2 Å².